The summed E-state index contributed by atoms with van der Waals surface area (Å²) in [5.41, 5.74) is 3.60. The predicted octanol–water partition coefficient (Wildman–Crippen LogP) is 5.89. The lowest BCUT2D eigenvalue weighted by Gasteiger charge is -2.26. The van der Waals surface area contributed by atoms with E-state index in [-0.39, 0.29) is 4.90 Å². The van der Waals surface area contributed by atoms with Gasteiger partial charge in [0.2, 0.25) is 0 Å². The number of hydrogen-bond acceptors (Lipinski definition) is 4. The molecule has 176 valence electrons. The normalized spacial score (nSPS) is 18.4. The Morgan fingerprint density at radius 2 is 1.57 bits per heavy atom. The van der Waals surface area contributed by atoms with Crippen molar-refractivity contribution >= 4 is 21.8 Å². The molecular formula is C29H26N2O3S. The van der Waals surface area contributed by atoms with Crippen molar-refractivity contribution in [2.24, 2.45) is 0 Å². The van der Waals surface area contributed by atoms with Gasteiger partial charge in [-0.2, -0.15) is 0 Å². The van der Waals surface area contributed by atoms with Crippen LogP contribution in [0.15, 0.2) is 126 Å². The average Bonchev–Trinajstić information content (AvgIpc) is 3.00. The summed E-state index contributed by atoms with van der Waals surface area (Å²) in [5, 5.41) is 0. The molecule has 35 heavy (non-hydrogen) atoms. The Morgan fingerprint density at radius 1 is 0.857 bits per heavy atom. The zero-order chi connectivity index (χ0) is 24.4. The molecule has 0 saturated carbocycles. The van der Waals surface area contributed by atoms with Gasteiger partial charge in [0.15, 0.2) is 0 Å². The van der Waals surface area contributed by atoms with Gasteiger partial charge in [-0.15, -0.1) is 0 Å². The molecule has 0 spiro atoms. The molecule has 0 radical (unpaired) electrons. The molecule has 3 aromatic carbocycles. The molecule has 3 aromatic rings. The van der Waals surface area contributed by atoms with Crippen molar-refractivity contribution in [2.45, 2.75) is 17.9 Å². The van der Waals surface area contributed by atoms with Crippen LogP contribution < -0.4 is 9.64 Å². The maximum Gasteiger partial charge on any atom is 0.266 e. The molecule has 0 amide bonds. The van der Waals surface area contributed by atoms with Gasteiger partial charge in [-0.05, 0) is 61.0 Å². The van der Waals surface area contributed by atoms with Crippen molar-refractivity contribution in [3.63, 3.8) is 0 Å². The fourth-order valence-corrected chi connectivity index (χ4v) is 5.86. The van der Waals surface area contributed by atoms with Crippen LogP contribution in [0.3, 0.4) is 0 Å². The topological polar surface area (TPSA) is 49.9 Å². The molecule has 0 bridgehead atoms. The van der Waals surface area contributed by atoms with Crippen molar-refractivity contribution in [2.75, 3.05) is 12.0 Å². The van der Waals surface area contributed by atoms with Gasteiger partial charge in [0, 0.05) is 5.69 Å². The molecule has 5 nitrogen and oxygen atoms in total. The molecule has 1 heterocycles. The van der Waals surface area contributed by atoms with Crippen LogP contribution in [-0.2, 0) is 10.0 Å². The Kier molecular flexibility index (Phi) is 6.05. The van der Waals surface area contributed by atoms with Crippen molar-refractivity contribution in [3.05, 3.63) is 132 Å². The smallest absolute Gasteiger partial charge is 0.266 e. The molecular weight excluding hydrogens is 456 g/mol. The maximum absolute atomic E-state index is 14.1. The van der Waals surface area contributed by atoms with Crippen molar-refractivity contribution in [1.29, 1.82) is 0 Å². The Labute approximate surface area is 206 Å². The van der Waals surface area contributed by atoms with Gasteiger partial charge >= 0.3 is 0 Å². The van der Waals surface area contributed by atoms with Crippen LogP contribution in [-0.4, -0.2) is 25.9 Å². The number of rotatable bonds is 5. The van der Waals surface area contributed by atoms with E-state index in [9.17, 15) is 8.42 Å². The minimum absolute atomic E-state index is 0.253. The number of anilines is 1. The molecule has 1 atom stereocenters. The number of aryl methyl sites for hydroxylation is 1. The van der Waals surface area contributed by atoms with Gasteiger partial charge in [-0.3, -0.25) is 4.90 Å². The van der Waals surface area contributed by atoms with E-state index in [2.05, 4.69) is 0 Å². The van der Waals surface area contributed by atoms with Gasteiger partial charge in [0.05, 0.1) is 17.7 Å². The van der Waals surface area contributed by atoms with E-state index < -0.39 is 16.1 Å². The van der Waals surface area contributed by atoms with Crippen LogP contribution in [0.25, 0.3) is 6.08 Å². The highest BCUT2D eigenvalue weighted by atomic mass is 32.2. The minimum atomic E-state index is -3.89. The molecule has 0 aromatic heterocycles. The predicted molar refractivity (Wildman–Crippen MR) is 140 cm³/mol. The highest BCUT2D eigenvalue weighted by Crippen LogP contribution is 2.43. The molecule has 6 heteroatoms. The molecule has 0 N–H and O–H groups in total. The van der Waals surface area contributed by atoms with Crippen molar-refractivity contribution in [3.8, 4) is 5.75 Å². The Bertz CT molecular complexity index is 1440. The summed E-state index contributed by atoms with van der Waals surface area (Å²) in [5.74, 6) is 1.29. The van der Waals surface area contributed by atoms with Crippen molar-refractivity contribution in [1.82, 2.24) is 4.31 Å². The number of methoxy groups -OCH3 is 1. The third kappa shape index (κ3) is 4.29. The molecule has 1 saturated heterocycles. The largest absolute Gasteiger partial charge is 0.497 e. The highest BCUT2D eigenvalue weighted by Gasteiger charge is 2.45. The summed E-state index contributed by atoms with van der Waals surface area (Å²) in [4.78, 5) is 2.26. The van der Waals surface area contributed by atoms with Crippen LogP contribution in [0.2, 0.25) is 0 Å². The standard InChI is InChI=1S/C29H26N2O3S/c1-22-13-19-26(20-14-22)35(32,33)31-28-12-8-4-7-11-27(28)30(24-15-17-25(34-2)18-16-24)29(31)21-23-9-5-3-6-10-23/h3-21,28H,1-2H3/b29-21+. The fraction of sp³-hybridized carbons (Fsp3) is 0.103. The Morgan fingerprint density at radius 3 is 2.26 bits per heavy atom. The minimum Gasteiger partial charge on any atom is -0.497 e. The van der Waals surface area contributed by atoms with E-state index in [1.54, 1.807) is 19.2 Å². The number of ether oxygens (including phenoxy) is 1. The van der Waals surface area contributed by atoms with Crippen molar-refractivity contribution < 1.29 is 13.2 Å². The molecule has 2 aliphatic rings. The number of fused-ring (bicyclic) bond motifs is 1. The van der Waals surface area contributed by atoms with Gasteiger partial charge in [0.25, 0.3) is 10.0 Å². The van der Waals surface area contributed by atoms with E-state index in [0.717, 1.165) is 28.3 Å². The highest BCUT2D eigenvalue weighted by molar-refractivity contribution is 7.89. The second-order valence-corrected chi connectivity index (χ2v) is 10.2. The summed E-state index contributed by atoms with van der Waals surface area (Å²) in [6, 6.07) is 23.9. The number of allylic oxidation sites excluding steroid dienone is 4. The molecule has 1 fully saturated rings. The number of sulfonamides is 1. The zero-order valence-corrected chi connectivity index (χ0v) is 20.4. The Balaban J connectivity index is 1.75. The second kappa shape index (κ2) is 9.31. The molecule has 1 unspecified atom stereocenters. The zero-order valence-electron chi connectivity index (χ0n) is 19.6. The monoisotopic (exact) mass is 482 g/mol. The van der Waals surface area contributed by atoms with E-state index in [1.807, 2.05) is 115 Å². The SMILES string of the molecule is COc1ccc(N2C3=CC=CC=CC3N(S(=O)(=O)c3ccc(C)cc3)/C2=C/c2ccccc2)cc1. The molecule has 5 rings (SSSR count). The van der Waals surface area contributed by atoms with Crippen LogP contribution in [0, 0.1) is 6.92 Å². The lowest BCUT2D eigenvalue weighted by atomic mass is 10.2. The first-order valence-corrected chi connectivity index (χ1v) is 12.8. The first-order valence-electron chi connectivity index (χ1n) is 11.4. The molecule has 1 aliphatic heterocycles. The summed E-state index contributed by atoms with van der Waals surface area (Å²) in [7, 11) is -2.26. The van der Waals surface area contributed by atoms with Gasteiger partial charge in [-0.25, -0.2) is 12.7 Å². The van der Waals surface area contributed by atoms with Crippen LogP contribution >= 0.6 is 0 Å². The maximum atomic E-state index is 14.1. The lowest BCUT2D eigenvalue weighted by Crippen LogP contribution is -2.34. The first-order chi connectivity index (χ1) is 17.0. The summed E-state index contributed by atoms with van der Waals surface area (Å²) >= 11 is 0. The molecule has 1 aliphatic carbocycles. The van der Waals surface area contributed by atoms with E-state index in [4.69, 9.17) is 4.74 Å². The van der Waals surface area contributed by atoms with E-state index in [0.29, 0.717) is 5.82 Å². The quantitative estimate of drug-likeness (QED) is 0.455. The van der Waals surface area contributed by atoms with Crippen LogP contribution in [0.5, 0.6) is 5.75 Å². The van der Waals surface area contributed by atoms with Crippen LogP contribution in [0.4, 0.5) is 5.69 Å². The first kappa shape index (κ1) is 22.7. The summed E-state index contributed by atoms with van der Waals surface area (Å²) in [6.45, 7) is 1.94. The average molecular weight is 483 g/mol. The third-order valence-corrected chi connectivity index (χ3v) is 7.86. The van der Waals surface area contributed by atoms with Gasteiger partial charge in [-0.1, -0.05) is 72.3 Å². The van der Waals surface area contributed by atoms with E-state index >= 15 is 0 Å². The third-order valence-electron chi connectivity index (χ3n) is 6.06. The number of benzene rings is 3. The summed E-state index contributed by atoms with van der Waals surface area (Å²) in [6.07, 6.45) is 11.5. The van der Waals surface area contributed by atoms with Gasteiger partial charge < -0.3 is 4.74 Å². The van der Waals surface area contributed by atoms with Crippen LogP contribution in [0.1, 0.15) is 11.1 Å². The lowest BCUT2D eigenvalue weighted by molar-refractivity contribution is 0.415. The summed E-state index contributed by atoms with van der Waals surface area (Å²) < 4.78 is 35.2. The Hall–Kier alpha value is -4.03. The second-order valence-electron chi connectivity index (χ2n) is 8.37. The fourth-order valence-electron chi connectivity index (χ4n) is 4.30. The van der Waals surface area contributed by atoms with E-state index in [1.165, 1.54) is 4.31 Å². The number of hydrogen-bond donors (Lipinski definition) is 0. The van der Waals surface area contributed by atoms with Gasteiger partial charge in [0.1, 0.15) is 17.6 Å². The number of nitrogens with zero attached hydrogens (tertiary/aromatic N) is 2.